The summed E-state index contributed by atoms with van der Waals surface area (Å²) in [6.45, 7) is 3.21. The van der Waals surface area contributed by atoms with Crippen LogP contribution in [0.4, 0.5) is 10.1 Å². The first-order chi connectivity index (χ1) is 13.2. The highest BCUT2D eigenvalue weighted by atomic mass is 19.1. The van der Waals surface area contributed by atoms with Crippen molar-refractivity contribution in [2.45, 2.75) is 0 Å². The van der Waals surface area contributed by atoms with Crippen LogP contribution in [0.1, 0.15) is 10.4 Å². The third-order valence-corrected chi connectivity index (χ3v) is 4.63. The summed E-state index contributed by atoms with van der Waals surface area (Å²) in [7, 11) is 0. The van der Waals surface area contributed by atoms with Gasteiger partial charge in [-0.2, -0.15) is 5.10 Å². The number of aromatic hydroxyl groups is 1. The molecule has 1 aliphatic rings. The van der Waals surface area contributed by atoms with Gasteiger partial charge in [0.1, 0.15) is 0 Å². The van der Waals surface area contributed by atoms with Crippen LogP contribution in [0.5, 0.6) is 5.75 Å². The summed E-state index contributed by atoms with van der Waals surface area (Å²) in [6, 6.07) is 10.6. The van der Waals surface area contributed by atoms with E-state index < -0.39 is 11.6 Å². The Morgan fingerprint density at radius 3 is 2.48 bits per heavy atom. The minimum Gasteiger partial charge on any atom is -0.504 e. The van der Waals surface area contributed by atoms with Crippen LogP contribution in [0.15, 0.2) is 48.8 Å². The second kappa shape index (κ2) is 7.20. The van der Waals surface area contributed by atoms with E-state index in [4.69, 9.17) is 4.74 Å². The molecule has 3 aromatic rings. The molecule has 7 heteroatoms. The molecule has 1 fully saturated rings. The van der Waals surface area contributed by atoms with Gasteiger partial charge in [-0.25, -0.2) is 9.07 Å². The number of hydrogen-bond donors (Lipinski definition) is 1. The number of phenolic OH excluding ortho intramolecular Hbond substituents is 1. The smallest absolute Gasteiger partial charge is 0.166 e. The maximum absolute atomic E-state index is 13.8. The number of aromatic nitrogens is 2. The number of anilines is 1. The number of nitrogens with zero attached hydrogens (tertiary/aromatic N) is 3. The lowest BCUT2D eigenvalue weighted by atomic mass is 10.1. The van der Waals surface area contributed by atoms with E-state index in [0.717, 1.165) is 37.7 Å². The number of hydrogen-bond acceptors (Lipinski definition) is 5. The first kappa shape index (κ1) is 17.2. The van der Waals surface area contributed by atoms with Crippen molar-refractivity contribution in [3.63, 3.8) is 0 Å². The molecular formula is C20H18FN3O3. The number of halogens is 1. The Bertz CT molecular complexity index is 963. The summed E-state index contributed by atoms with van der Waals surface area (Å²) in [4.78, 5) is 13.3. The first-order valence-corrected chi connectivity index (χ1v) is 8.61. The van der Waals surface area contributed by atoms with Gasteiger partial charge in [0, 0.05) is 30.5 Å². The Morgan fingerprint density at radius 2 is 1.78 bits per heavy atom. The highest BCUT2D eigenvalue weighted by Gasteiger charge is 2.13. The van der Waals surface area contributed by atoms with E-state index in [1.165, 1.54) is 12.1 Å². The van der Waals surface area contributed by atoms with E-state index in [1.807, 2.05) is 24.3 Å². The number of aldehydes is 1. The van der Waals surface area contributed by atoms with Crippen LogP contribution in [0.2, 0.25) is 0 Å². The maximum atomic E-state index is 13.8. The van der Waals surface area contributed by atoms with E-state index in [2.05, 4.69) is 10.00 Å². The molecule has 0 spiro atoms. The third kappa shape index (κ3) is 3.41. The van der Waals surface area contributed by atoms with Gasteiger partial charge in [-0.15, -0.1) is 0 Å². The zero-order valence-electron chi connectivity index (χ0n) is 14.5. The Balaban J connectivity index is 1.59. The number of benzene rings is 2. The molecule has 2 heterocycles. The fourth-order valence-electron chi connectivity index (χ4n) is 3.13. The summed E-state index contributed by atoms with van der Waals surface area (Å²) in [5, 5.41) is 13.9. The molecule has 0 unspecified atom stereocenters. The van der Waals surface area contributed by atoms with Gasteiger partial charge in [-0.3, -0.25) is 4.79 Å². The zero-order valence-corrected chi connectivity index (χ0v) is 14.5. The predicted molar refractivity (Wildman–Crippen MR) is 99.0 cm³/mol. The van der Waals surface area contributed by atoms with E-state index in [1.54, 1.807) is 17.1 Å². The van der Waals surface area contributed by atoms with Crippen molar-refractivity contribution in [2.75, 3.05) is 31.2 Å². The molecule has 0 radical (unpaired) electrons. The molecule has 6 nitrogen and oxygen atoms in total. The largest absolute Gasteiger partial charge is 0.504 e. The number of morpholine rings is 1. The van der Waals surface area contributed by atoms with Crippen LogP contribution in [0.25, 0.3) is 16.8 Å². The van der Waals surface area contributed by atoms with Crippen LogP contribution in [0.3, 0.4) is 0 Å². The van der Waals surface area contributed by atoms with Crippen LogP contribution < -0.4 is 4.90 Å². The van der Waals surface area contributed by atoms with Gasteiger partial charge in [0.15, 0.2) is 17.9 Å². The number of ether oxygens (including phenoxy) is 1. The quantitative estimate of drug-likeness (QED) is 0.718. The first-order valence-electron chi connectivity index (χ1n) is 8.61. The van der Waals surface area contributed by atoms with Crippen molar-refractivity contribution in [2.24, 2.45) is 0 Å². The van der Waals surface area contributed by atoms with Crippen LogP contribution in [-0.2, 0) is 4.74 Å². The third-order valence-electron chi connectivity index (χ3n) is 4.63. The Labute approximate surface area is 155 Å². The lowest BCUT2D eigenvalue weighted by molar-refractivity contribution is 0.112. The van der Waals surface area contributed by atoms with Gasteiger partial charge in [0.2, 0.25) is 0 Å². The molecule has 4 rings (SSSR count). The SMILES string of the molecule is O=Cc1cc(-c2cnn(-c3ccc(N4CCOCC4)cc3)c2)cc(F)c1O. The Kier molecular flexibility index (Phi) is 4.60. The lowest BCUT2D eigenvalue weighted by Gasteiger charge is -2.28. The fourth-order valence-corrected chi connectivity index (χ4v) is 3.13. The molecule has 1 aliphatic heterocycles. The summed E-state index contributed by atoms with van der Waals surface area (Å²) in [5.74, 6) is -1.47. The van der Waals surface area contributed by atoms with Crippen LogP contribution >= 0.6 is 0 Å². The number of carbonyl (C=O) groups excluding carboxylic acids is 1. The highest BCUT2D eigenvalue weighted by Crippen LogP contribution is 2.28. The van der Waals surface area contributed by atoms with Gasteiger partial charge < -0.3 is 14.7 Å². The van der Waals surface area contributed by atoms with Crippen molar-refractivity contribution in [3.8, 4) is 22.6 Å². The normalized spacial score (nSPS) is 14.3. The predicted octanol–water partition coefficient (Wildman–Crippen LogP) is 3.03. The standard InChI is InChI=1S/C20H18FN3O3/c21-19-10-14(9-15(13-25)20(19)26)16-11-22-24(12-16)18-3-1-17(2-4-18)23-5-7-27-8-6-23/h1-4,9-13,26H,5-8H2. The van der Waals surface area contributed by atoms with Crippen molar-refractivity contribution in [3.05, 3.63) is 60.2 Å². The molecule has 1 N–H and O–H groups in total. The maximum Gasteiger partial charge on any atom is 0.166 e. The number of rotatable bonds is 4. The van der Waals surface area contributed by atoms with E-state index in [0.29, 0.717) is 17.4 Å². The Morgan fingerprint density at radius 1 is 1.07 bits per heavy atom. The minimum atomic E-state index is -0.836. The van der Waals surface area contributed by atoms with E-state index >= 15 is 0 Å². The monoisotopic (exact) mass is 367 g/mol. The zero-order chi connectivity index (χ0) is 18.8. The van der Waals surface area contributed by atoms with Gasteiger partial charge in [-0.1, -0.05) is 0 Å². The second-order valence-corrected chi connectivity index (χ2v) is 6.30. The summed E-state index contributed by atoms with van der Waals surface area (Å²) in [6.07, 6.45) is 3.77. The Hall–Kier alpha value is -3.19. The average molecular weight is 367 g/mol. The molecule has 138 valence electrons. The molecule has 2 aromatic carbocycles. The summed E-state index contributed by atoms with van der Waals surface area (Å²) >= 11 is 0. The van der Waals surface area contributed by atoms with Crippen molar-refractivity contribution >= 4 is 12.0 Å². The topological polar surface area (TPSA) is 67.6 Å². The van der Waals surface area contributed by atoms with Crippen molar-refractivity contribution in [1.29, 1.82) is 0 Å². The van der Waals surface area contributed by atoms with Gasteiger partial charge in [0.25, 0.3) is 0 Å². The number of carbonyl (C=O) groups is 1. The van der Waals surface area contributed by atoms with Crippen LogP contribution in [0, 0.1) is 5.82 Å². The minimum absolute atomic E-state index is 0.0902. The van der Waals surface area contributed by atoms with Crippen LogP contribution in [-0.4, -0.2) is 47.5 Å². The molecule has 27 heavy (non-hydrogen) atoms. The van der Waals surface area contributed by atoms with E-state index in [-0.39, 0.29) is 5.56 Å². The molecule has 0 saturated carbocycles. The van der Waals surface area contributed by atoms with Crippen molar-refractivity contribution < 1.29 is 19.0 Å². The van der Waals surface area contributed by atoms with E-state index in [9.17, 15) is 14.3 Å². The molecule has 0 amide bonds. The summed E-state index contributed by atoms with van der Waals surface area (Å²) in [5.41, 5.74) is 3.03. The van der Waals surface area contributed by atoms with Gasteiger partial charge >= 0.3 is 0 Å². The van der Waals surface area contributed by atoms with Gasteiger partial charge in [0.05, 0.1) is 30.7 Å². The highest BCUT2D eigenvalue weighted by molar-refractivity contribution is 5.82. The molecule has 1 saturated heterocycles. The van der Waals surface area contributed by atoms with Gasteiger partial charge in [-0.05, 0) is 42.0 Å². The molecule has 1 aromatic heterocycles. The molecular weight excluding hydrogens is 349 g/mol. The number of phenols is 1. The molecule has 0 atom stereocenters. The van der Waals surface area contributed by atoms with Crippen molar-refractivity contribution in [1.82, 2.24) is 9.78 Å². The molecule has 0 bridgehead atoms. The summed E-state index contributed by atoms with van der Waals surface area (Å²) < 4.78 is 20.9. The average Bonchev–Trinajstić information content (AvgIpc) is 3.21. The molecule has 0 aliphatic carbocycles. The second-order valence-electron chi connectivity index (χ2n) is 6.30. The lowest BCUT2D eigenvalue weighted by Crippen LogP contribution is -2.36. The fraction of sp³-hybridized carbons (Fsp3) is 0.200.